The lowest BCUT2D eigenvalue weighted by molar-refractivity contribution is 0.412. The number of hydrogen-bond acceptors (Lipinski definition) is 1. The second-order valence-corrected chi connectivity index (χ2v) is 8.73. The van der Waals surface area contributed by atoms with Crippen LogP contribution in [0.5, 0.6) is 0 Å². The van der Waals surface area contributed by atoms with Crippen molar-refractivity contribution in [3.63, 3.8) is 0 Å². The van der Waals surface area contributed by atoms with E-state index in [0.717, 1.165) is 11.7 Å². The van der Waals surface area contributed by atoms with Crippen molar-refractivity contribution in [2.75, 3.05) is 6.54 Å². The molecule has 0 spiro atoms. The summed E-state index contributed by atoms with van der Waals surface area (Å²) in [5, 5.41) is 10.4. The first kappa shape index (κ1) is 19.2. The lowest BCUT2D eigenvalue weighted by Gasteiger charge is -2.25. The average molecular weight is 417 g/mol. The van der Waals surface area contributed by atoms with Crippen LogP contribution in [-0.4, -0.2) is 27.7 Å². The number of rotatable bonds is 5. The fourth-order valence-corrected chi connectivity index (χ4v) is 5.08. The molecule has 1 aliphatic rings. The van der Waals surface area contributed by atoms with Crippen LogP contribution in [0.4, 0.5) is 0 Å². The van der Waals surface area contributed by atoms with Gasteiger partial charge in [0.1, 0.15) is 0 Å². The Morgan fingerprint density at radius 2 is 1.43 bits per heavy atom. The number of hydrogen-bond donors (Lipinski definition) is 4. The quantitative estimate of drug-likeness (QED) is 0.321. The van der Waals surface area contributed by atoms with E-state index >= 15 is 0 Å². The number of H-pyrrole nitrogens is 2. The summed E-state index contributed by atoms with van der Waals surface area (Å²) in [6.07, 6.45) is 10.7. The van der Waals surface area contributed by atoms with Gasteiger partial charge in [-0.2, -0.15) is 0 Å². The maximum absolute atomic E-state index is 5.67. The number of nitrogens with one attached hydrogen (secondary N) is 4. The lowest BCUT2D eigenvalue weighted by Crippen LogP contribution is -2.43. The molecule has 0 amide bonds. The lowest BCUT2D eigenvalue weighted by atomic mass is 9.90. The van der Waals surface area contributed by atoms with Crippen LogP contribution >= 0.6 is 12.2 Å². The molecule has 4 N–H and O–H groups in total. The molecular formula is C25H28N4S. The zero-order valence-electron chi connectivity index (χ0n) is 17.1. The number of thiocarbonyl (C=S) groups is 1. The van der Waals surface area contributed by atoms with E-state index in [0.29, 0.717) is 6.04 Å². The highest BCUT2D eigenvalue weighted by Crippen LogP contribution is 2.34. The summed E-state index contributed by atoms with van der Waals surface area (Å²) in [5.41, 5.74) is 4.92. The van der Waals surface area contributed by atoms with Crippen molar-refractivity contribution in [1.82, 2.24) is 20.6 Å². The minimum absolute atomic E-state index is 0.184. The molecule has 1 saturated carbocycles. The molecular weight excluding hydrogens is 388 g/mol. The van der Waals surface area contributed by atoms with Gasteiger partial charge in [0.15, 0.2) is 5.11 Å². The summed E-state index contributed by atoms with van der Waals surface area (Å²) >= 11 is 5.67. The van der Waals surface area contributed by atoms with Gasteiger partial charge in [-0.1, -0.05) is 55.7 Å². The number of fused-ring (bicyclic) bond motifs is 2. The summed E-state index contributed by atoms with van der Waals surface area (Å²) in [6, 6.07) is 17.5. The van der Waals surface area contributed by atoms with E-state index in [2.05, 4.69) is 81.5 Å². The van der Waals surface area contributed by atoms with Gasteiger partial charge in [-0.15, -0.1) is 0 Å². The molecule has 2 aromatic carbocycles. The molecule has 5 rings (SSSR count). The van der Waals surface area contributed by atoms with Crippen molar-refractivity contribution in [1.29, 1.82) is 0 Å². The topological polar surface area (TPSA) is 55.6 Å². The van der Waals surface area contributed by atoms with Gasteiger partial charge in [-0.05, 0) is 48.3 Å². The van der Waals surface area contributed by atoms with E-state index in [-0.39, 0.29) is 5.92 Å². The first-order chi connectivity index (χ1) is 14.8. The molecule has 4 aromatic rings. The Morgan fingerprint density at radius 3 is 2.03 bits per heavy atom. The van der Waals surface area contributed by atoms with Crippen molar-refractivity contribution >= 4 is 39.1 Å². The molecule has 2 aromatic heterocycles. The summed E-state index contributed by atoms with van der Waals surface area (Å²) in [5.74, 6) is 0.184. The van der Waals surface area contributed by atoms with Crippen LogP contribution in [0.1, 0.15) is 49.1 Å². The van der Waals surface area contributed by atoms with Crippen LogP contribution in [-0.2, 0) is 0 Å². The van der Waals surface area contributed by atoms with Crippen LogP contribution in [0.25, 0.3) is 21.8 Å². The average Bonchev–Trinajstić information content (AvgIpc) is 3.40. The third kappa shape index (κ3) is 3.82. The summed E-state index contributed by atoms with van der Waals surface area (Å²) in [7, 11) is 0. The van der Waals surface area contributed by atoms with Gasteiger partial charge < -0.3 is 20.6 Å². The molecule has 30 heavy (non-hydrogen) atoms. The maximum atomic E-state index is 5.67. The first-order valence-corrected chi connectivity index (χ1v) is 11.4. The van der Waals surface area contributed by atoms with E-state index in [9.17, 15) is 0 Å². The monoisotopic (exact) mass is 416 g/mol. The first-order valence-electron chi connectivity index (χ1n) is 11.0. The number of para-hydroxylation sites is 2. The predicted octanol–water partition coefficient (Wildman–Crippen LogP) is 5.58. The molecule has 154 valence electrons. The van der Waals surface area contributed by atoms with Gasteiger partial charge in [0, 0.05) is 52.7 Å². The highest BCUT2D eigenvalue weighted by Gasteiger charge is 2.22. The number of aromatic nitrogens is 2. The molecule has 0 radical (unpaired) electrons. The molecule has 1 fully saturated rings. The van der Waals surface area contributed by atoms with Crippen LogP contribution in [0.15, 0.2) is 60.9 Å². The van der Waals surface area contributed by atoms with Gasteiger partial charge in [-0.25, -0.2) is 0 Å². The van der Waals surface area contributed by atoms with E-state index in [4.69, 9.17) is 12.2 Å². The molecule has 0 bridgehead atoms. The molecule has 4 nitrogen and oxygen atoms in total. The molecule has 0 unspecified atom stereocenters. The molecule has 0 aliphatic heterocycles. The smallest absolute Gasteiger partial charge is 0.166 e. The van der Waals surface area contributed by atoms with Crippen molar-refractivity contribution in [3.05, 3.63) is 72.1 Å². The predicted molar refractivity (Wildman–Crippen MR) is 129 cm³/mol. The minimum Gasteiger partial charge on any atom is -0.362 e. The Morgan fingerprint density at radius 1 is 0.867 bits per heavy atom. The highest BCUT2D eigenvalue weighted by molar-refractivity contribution is 7.80. The van der Waals surface area contributed by atoms with E-state index in [1.165, 1.54) is 65.0 Å². The number of benzene rings is 2. The van der Waals surface area contributed by atoms with Crippen LogP contribution in [0, 0.1) is 0 Å². The highest BCUT2D eigenvalue weighted by atomic mass is 32.1. The maximum Gasteiger partial charge on any atom is 0.166 e. The van der Waals surface area contributed by atoms with E-state index in [1.54, 1.807) is 0 Å². The SMILES string of the molecule is S=C(NCC(c1c[nH]c2ccccc12)c1c[nH]c2ccccc12)NC1CCCCC1. The van der Waals surface area contributed by atoms with Crippen LogP contribution in [0.3, 0.4) is 0 Å². The Bertz CT molecular complexity index is 1080. The zero-order valence-corrected chi connectivity index (χ0v) is 17.9. The summed E-state index contributed by atoms with van der Waals surface area (Å²) < 4.78 is 0. The van der Waals surface area contributed by atoms with Gasteiger partial charge >= 0.3 is 0 Å². The largest absolute Gasteiger partial charge is 0.362 e. The second kappa shape index (κ2) is 8.52. The zero-order chi connectivity index (χ0) is 20.3. The Kier molecular flexibility index (Phi) is 5.45. The molecule has 1 aliphatic carbocycles. The summed E-state index contributed by atoms with van der Waals surface area (Å²) in [6.45, 7) is 0.752. The van der Waals surface area contributed by atoms with Gasteiger partial charge in [0.2, 0.25) is 0 Å². The third-order valence-electron chi connectivity index (χ3n) is 6.40. The molecule has 5 heteroatoms. The Labute approximate surface area is 182 Å². The van der Waals surface area contributed by atoms with Gasteiger partial charge in [-0.3, -0.25) is 0 Å². The number of aromatic amines is 2. The fraction of sp³-hybridized carbons (Fsp3) is 0.320. The van der Waals surface area contributed by atoms with Crippen molar-refractivity contribution in [3.8, 4) is 0 Å². The Balaban J connectivity index is 1.43. The second-order valence-electron chi connectivity index (χ2n) is 8.32. The van der Waals surface area contributed by atoms with Crippen molar-refractivity contribution in [2.45, 2.75) is 44.1 Å². The minimum atomic E-state index is 0.184. The van der Waals surface area contributed by atoms with Gasteiger partial charge in [0.05, 0.1) is 0 Å². The normalized spacial score (nSPS) is 15.1. The van der Waals surface area contributed by atoms with E-state index in [1.807, 2.05) is 0 Å². The third-order valence-corrected chi connectivity index (χ3v) is 6.66. The van der Waals surface area contributed by atoms with Gasteiger partial charge in [0.25, 0.3) is 0 Å². The molecule has 2 heterocycles. The van der Waals surface area contributed by atoms with Crippen LogP contribution in [0.2, 0.25) is 0 Å². The van der Waals surface area contributed by atoms with Crippen molar-refractivity contribution < 1.29 is 0 Å². The molecule has 0 saturated heterocycles. The summed E-state index contributed by atoms with van der Waals surface area (Å²) in [4.78, 5) is 6.89. The van der Waals surface area contributed by atoms with E-state index < -0.39 is 0 Å². The standard InChI is InChI=1S/C25H28N4S/c30-25(29-17-8-2-1-3-9-17)28-16-22(20-14-26-23-12-6-4-10-18(20)23)21-15-27-24-13-7-5-11-19(21)24/h4-7,10-15,17,22,26-27H,1-3,8-9,16H2,(H2,28,29,30). The van der Waals surface area contributed by atoms with Crippen LogP contribution < -0.4 is 10.6 Å². The molecule has 0 atom stereocenters. The van der Waals surface area contributed by atoms with Crippen molar-refractivity contribution in [2.24, 2.45) is 0 Å². The fourth-order valence-electron chi connectivity index (χ4n) is 4.83. The Hall–Kier alpha value is -2.79.